The van der Waals surface area contributed by atoms with Crippen LogP contribution in [0, 0.1) is 11.6 Å². The molecule has 1 saturated heterocycles. The first-order valence-electron chi connectivity index (χ1n) is 5.23. The van der Waals surface area contributed by atoms with Gasteiger partial charge in [0.1, 0.15) is 11.5 Å². The molecular formula is C11H13BrF2N2. The summed E-state index contributed by atoms with van der Waals surface area (Å²) in [7, 11) is 0. The summed E-state index contributed by atoms with van der Waals surface area (Å²) < 4.78 is 27.7. The summed E-state index contributed by atoms with van der Waals surface area (Å²) in [5.41, 5.74) is 5.83. The summed E-state index contributed by atoms with van der Waals surface area (Å²) in [6.07, 6.45) is 1.78. The first-order chi connectivity index (χ1) is 7.59. The van der Waals surface area contributed by atoms with Crippen molar-refractivity contribution in [1.29, 1.82) is 0 Å². The summed E-state index contributed by atoms with van der Waals surface area (Å²) >= 11 is 3.06. The van der Waals surface area contributed by atoms with Gasteiger partial charge in [-0.05, 0) is 40.9 Å². The minimum absolute atomic E-state index is 0.00784. The summed E-state index contributed by atoms with van der Waals surface area (Å²) in [5.74, 6) is -1.08. The maximum Gasteiger partial charge on any atom is 0.163 e. The Morgan fingerprint density at radius 2 is 2.12 bits per heavy atom. The van der Waals surface area contributed by atoms with Gasteiger partial charge >= 0.3 is 0 Å². The molecule has 1 aliphatic heterocycles. The van der Waals surface area contributed by atoms with Gasteiger partial charge < -0.3 is 10.6 Å². The molecule has 0 radical (unpaired) electrons. The predicted molar refractivity (Wildman–Crippen MR) is 63.5 cm³/mol. The van der Waals surface area contributed by atoms with Crippen LogP contribution in [0.15, 0.2) is 16.6 Å². The van der Waals surface area contributed by atoms with E-state index in [-0.39, 0.29) is 16.2 Å². The van der Waals surface area contributed by atoms with Crippen LogP contribution in [0.25, 0.3) is 0 Å². The molecule has 0 saturated carbocycles. The number of rotatable bonds is 1. The molecular weight excluding hydrogens is 278 g/mol. The normalized spacial score (nSPS) is 21.2. The van der Waals surface area contributed by atoms with Crippen LogP contribution in [0.2, 0.25) is 0 Å². The van der Waals surface area contributed by atoms with Crippen molar-refractivity contribution in [3.8, 4) is 0 Å². The molecule has 0 spiro atoms. The summed E-state index contributed by atoms with van der Waals surface area (Å²) in [4.78, 5) is 1.68. The lowest BCUT2D eigenvalue weighted by Crippen LogP contribution is -2.43. The van der Waals surface area contributed by atoms with E-state index in [1.165, 1.54) is 12.1 Å². The first kappa shape index (κ1) is 11.8. The Morgan fingerprint density at radius 1 is 1.38 bits per heavy atom. The summed E-state index contributed by atoms with van der Waals surface area (Å²) in [6, 6.07) is 2.63. The number of halogens is 3. The number of anilines is 1. The Balaban J connectivity index is 2.35. The van der Waals surface area contributed by atoms with Crippen molar-refractivity contribution in [1.82, 2.24) is 0 Å². The van der Waals surface area contributed by atoms with Crippen molar-refractivity contribution in [2.45, 2.75) is 18.9 Å². The van der Waals surface area contributed by atoms with Crippen LogP contribution in [0.5, 0.6) is 0 Å². The van der Waals surface area contributed by atoms with E-state index >= 15 is 0 Å². The van der Waals surface area contributed by atoms with Crippen LogP contribution >= 0.6 is 15.9 Å². The highest BCUT2D eigenvalue weighted by Gasteiger charge is 2.23. The quantitative estimate of drug-likeness (QED) is 0.806. The molecule has 2 rings (SSSR count). The number of hydrogen-bond acceptors (Lipinski definition) is 2. The molecule has 0 aliphatic carbocycles. The zero-order valence-corrected chi connectivity index (χ0v) is 10.3. The third-order valence-corrected chi connectivity index (χ3v) is 3.41. The Bertz CT molecular complexity index is 398. The topological polar surface area (TPSA) is 29.3 Å². The highest BCUT2D eigenvalue weighted by atomic mass is 79.9. The third kappa shape index (κ3) is 2.20. The van der Waals surface area contributed by atoms with E-state index in [1.54, 1.807) is 4.90 Å². The molecule has 16 heavy (non-hydrogen) atoms. The van der Waals surface area contributed by atoms with Gasteiger partial charge in [0.25, 0.3) is 0 Å². The lowest BCUT2D eigenvalue weighted by Gasteiger charge is -2.33. The van der Waals surface area contributed by atoms with E-state index < -0.39 is 11.6 Å². The van der Waals surface area contributed by atoms with Crippen molar-refractivity contribution < 1.29 is 8.78 Å². The van der Waals surface area contributed by atoms with Gasteiger partial charge in [0.15, 0.2) is 5.82 Å². The molecule has 1 unspecified atom stereocenters. The average molecular weight is 291 g/mol. The molecule has 5 heteroatoms. The SMILES string of the molecule is NC1CCCN(c2c(F)ccc(Br)c2F)C1. The smallest absolute Gasteiger partial charge is 0.163 e. The van der Waals surface area contributed by atoms with Gasteiger partial charge in [-0.2, -0.15) is 0 Å². The molecule has 1 atom stereocenters. The number of nitrogens with two attached hydrogens (primary N) is 1. The van der Waals surface area contributed by atoms with Gasteiger partial charge in [0.2, 0.25) is 0 Å². The minimum Gasteiger partial charge on any atom is -0.365 e. The second-order valence-corrected chi connectivity index (χ2v) is 4.89. The fourth-order valence-electron chi connectivity index (χ4n) is 2.02. The largest absolute Gasteiger partial charge is 0.365 e. The van der Waals surface area contributed by atoms with E-state index in [2.05, 4.69) is 15.9 Å². The van der Waals surface area contributed by atoms with Gasteiger partial charge in [-0.3, -0.25) is 0 Å². The molecule has 1 fully saturated rings. The molecule has 1 aliphatic rings. The molecule has 2 nitrogen and oxygen atoms in total. The van der Waals surface area contributed by atoms with Gasteiger partial charge in [-0.1, -0.05) is 0 Å². The van der Waals surface area contributed by atoms with Crippen molar-refractivity contribution in [3.05, 3.63) is 28.2 Å². The van der Waals surface area contributed by atoms with Gasteiger partial charge in [-0.15, -0.1) is 0 Å². The Hall–Kier alpha value is -0.680. The van der Waals surface area contributed by atoms with E-state index in [9.17, 15) is 8.78 Å². The first-order valence-corrected chi connectivity index (χ1v) is 6.03. The number of piperidine rings is 1. The monoisotopic (exact) mass is 290 g/mol. The van der Waals surface area contributed by atoms with Crippen LogP contribution in [0.3, 0.4) is 0 Å². The fraction of sp³-hybridized carbons (Fsp3) is 0.455. The van der Waals surface area contributed by atoms with Crippen LogP contribution in [-0.4, -0.2) is 19.1 Å². The minimum atomic E-state index is -0.547. The zero-order chi connectivity index (χ0) is 11.7. The van der Waals surface area contributed by atoms with E-state index in [0.29, 0.717) is 13.1 Å². The standard InChI is InChI=1S/C11H13BrF2N2/c12-8-3-4-9(13)11(10(8)14)16-5-1-2-7(15)6-16/h3-4,7H,1-2,5-6,15H2. The highest BCUT2D eigenvalue weighted by molar-refractivity contribution is 9.10. The Morgan fingerprint density at radius 3 is 2.81 bits per heavy atom. The summed E-state index contributed by atoms with van der Waals surface area (Å²) in [6.45, 7) is 1.16. The number of hydrogen-bond donors (Lipinski definition) is 1. The number of benzene rings is 1. The molecule has 1 heterocycles. The van der Waals surface area contributed by atoms with Crippen molar-refractivity contribution in [3.63, 3.8) is 0 Å². The Kier molecular flexibility index (Phi) is 3.44. The molecule has 1 aromatic carbocycles. The fourth-order valence-corrected chi connectivity index (χ4v) is 2.34. The van der Waals surface area contributed by atoms with Crippen molar-refractivity contribution in [2.75, 3.05) is 18.0 Å². The zero-order valence-electron chi connectivity index (χ0n) is 8.72. The van der Waals surface area contributed by atoms with Crippen LogP contribution < -0.4 is 10.6 Å². The number of nitrogens with zero attached hydrogens (tertiary/aromatic N) is 1. The molecule has 2 N–H and O–H groups in total. The second kappa shape index (κ2) is 4.67. The third-order valence-electron chi connectivity index (χ3n) is 2.79. The van der Waals surface area contributed by atoms with Gasteiger partial charge in [0, 0.05) is 19.1 Å². The molecule has 88 valence electrons. The van der Waals surface area contributed by atoms with E-state index in [0.717, 1.165) is 12.8 Å². The van der Waals surface area contributed by atoms with E-state index in [4.69, 9.17) is 5.73 Å². The van der Waals surface area contributed by atoms with Crippen molar-refractivity contribution in [2.24, 2.45) is 5.73 Å². The van der Waals surface area contributed by atoms with Crippen LogP contribution in [0.4, 0.5) is 14.5 Å². The maximum atomic E-state index is 13.8. The summed E-state index contributed by atoms with van der Waals surface area (Å²) in [5, 5.41) is 0. The molecule has 1 aromatic rings. The van der Waals surface area contributed by atoms with Crippen LogP contribution in [0.1, 0.15) is 12.8 Å². The van der Waals surface area contributed by atoms with Gasteiger partial charge in [0.05, 0.1) is 4.47 Å². The average Bonchev–Trinajstić information content (AvgIpc) is 2.24. The highest BCUT2D eigenvalue weighted by Crippen LogP contribution is 2.30. The second-order valence-electron chi connectivity index (χ2n) is 4.04. The maximum absolute atomic E-state index is 13.8. The predicted octanol–water partition coefficient (Wildman–Crippen LogP) is 2.65. The molecule has 0 aromatic heterocycles. The molecule has 0 amide bonds. The Labute approximate surface area is 102 Å². The lowest BCUT2D eigenvalue weighted by molar-refractivity contribution is 0.485. The van der Waals surface area contributed by atoms with Crippen LogP contribution in [-0.2, 0) is 0 Å². The van der Waals surface area contributed by atoms with Gasteiger partial charge in [-0.25, -0.2) is 8.78 Å². The lowest BCUT2D eigenvalue weighted by atomic mass is 10.1. The van der Waals surface area contributed by atoms with Crippen molar-refractivity contribution >= 4 is 21.6 Å². The van der Waals surface area contributed by atoms with E-state index in [1.807, 2.05) is 0 Å². The molecule has 0 bridgehead atoms.